The molecule has 2 aliphatic heterocycles. The molecule has 2 heterocycles. The number of carbonyl (C=O) groups is 4. The van der Waals surface area contributed by atoms with Gasteiger partial charge in [0.15, 0.2) is 0 Å². The zero-order valence-corrected chi connectivity index (χ0v) is 17.0. The third-order valence-electron chi connectivity index (χ3n) is 4.74. The maximum Gasteiger partial charge on any atom is 0.412 e. The lowest BCUT2D eigenvalue weighted by molar-refractivity contribution is -0.126. The number of hydrogen-bond acceptors (Lipinski definition) is 6. The number of rotatable bonds is 3. The molecule has 0 aromatic heterocycles. The summed E-state index contributed by atoms with van der Waals surface area (Å²) in [7, 11) is 0. The van der Waals surface area contributed by atoms with Crippen LogP contribution in [-0.2, 0) is 9.53 Å². The van der Waals surface area contributed by atoms with E-state index < -0.39 is 35.6 Å². The fraction of sp³-hybridized carbons (Fsp3) is 0.474. The number of ether oxygens (including phenoxy) is 1. The van der Waals surface area contributed by atoms with Gasteiger partial charge < -0.3 is 9.64 Å². The maximum atomic E-state index is 12.4. The highest BCUT2D eigenvalue weighted by Gasteiger charge is 2.46. The molecule has 3 rings (SSSR count). The fourth-order valence-electron chi connectivity index (χ4n) is 3.32. The second kappa shape index (κ2) is 8.19. The van der Waals surface area contributed by atoms with Gasteiger partial charge in [0.1, 0.15) is 11.6 Å². The average Bonchev–Trinajstić information content (AvgIpc) is 2.89. The number of hydrogen-bond donors (Lipinski definition) is 4. The van der Waals surface area contributed by atoms with Crippen LogP contribution < -0.4 is 16.2 Å². The van der Waals surface area contributed by atoms with Gasteiger partial charge in [0.05, 0.1) is 6.04 Å². The van der Waals surface area contributed by atoms with E-state index in [0.717, 1.165) is 0 Å². The summed E-state index contributed by atoms with van der Waals surface area (Å²) in [6.07, 6.45) is 0.275. The SMILES string of the molecule is CC(C)(C)OC(=O)Nc1ccc(C(=O)NNC(=O)[C@@H]2CC[C@@H]3CN2C(=O)N3O)cc1. The van der Waals surface area contributed by atoms with E-state index in [-0.39, 0.29) is 18.2 Å². The minimum Gasteiger partial charge on any atom is -0.444 e. The molecule has 1 aromatic rings. The number of anilines is 1. The Morgan fingerprint density at radius 3 is 2.40 bits per heavy atom. The van der Waals surface area contributed by atoms with Crippen molar-refractivity contribution in [3.63, 3.8) is 0 Å². The first-order valence-corrected chi connectivity index (χ1v) is 9.54. The Labute approximate surface area is 173 Å². The molecule has 11 heteroatoms. The Balaban J connectivity index is 1.51. The van der Waals surface area contributed by atoms with Gasteiger partial charge >= 0.3 is 12.1 Å². The van der Waals surface area contributed by atoms with Crippen LogP contribution in [0, 0.1) is 0 Å². The summed E-state index contributed by atoms with van der Waals surface area (Å²) < 4.78 is 5.15. The van der Waals surface area contributed by atoms with Gasteiger partial charge in [0, 0.05) is 17.8 Å². The van der Waals surface area contributed by atoms with Crippen molar-refractivity contribution in [3.05, 3.63) is 29.8 Å². The second-order valence-corrected chi connectivity index (χ2v) is 8.17. The molecule has 0 radical (unpaired) electrons. The molecule has 5 amide bonds. The van der Waals surface area contributed by atoms with Crippen molar-refractivity contribution in [3.8, 4) is 0 Å². The van der Waals surface area contributed by atoms with E-state index in [1.54, 1.807) is 20.8 Å². The van der Waals surface area contributed by atoms with Crippen molar-refractivity contribution in [2.24, 2.45) is 0 Å². The highest BCUT2D eigenvalue weighted by atomic mass is 16.6. The predicted molar refractivity (Wildman–Crippen MR) is 104 cm³/mol. The highest BCUT2D eigenvalue weighted by Crippen LogP contribution is 2.28. The molecule has 0 unspecified atom stereocenters. The van der Waals surface area contributed by atoms with Crippen LogP contribution >= 0.6 is 0 Å². The summed E-state index contributed by atoms with van der Waals surface area (Å²) >= 11 is 0. The average molecular weight is 419 g/mol. The zero-order valence-electron chi connectivity index (χ0n) is 17.0. The lowest BCUT2D eigenvalue weighted by atomic mass is 10.0. The van der Waals surface area contributed by atoms with Crippen molar-refractivity contribution < 1.29 is 29.1 Å². The number of nitrogens with one attached hydrogen (secondary N) is 3. The number of amides is 5. The van der Waals surface area contributed by atoms with E-state index in [9.17, 15) is 24.4 Å². The van der Waals surface area contributed by atoms with E-state index in [2.05, 4.69) is 16.2 Å². The van der Waals surface area contributed by atoms with E-state index in [1.165, 1.54) is 29.2 Å². The Hall–Kier alpha value is -3.34. The standard InChI is InChI=1S/C19H25N5O6/c1-19(2,3)30-17(27)20-12-6-4-11(5-7-12)15(25)21-22-16(26)14-9-8-13-10-23(14)18(28)24(13)29/h4-7,13-14,29H,8-10H2,1-3H3,(H,20,27)(H,21,25)(H,22,26)/t13-,14+/m1/s1. The minimum absolute atomic E-state index is 0.257. The summed E-state index contributed by atoms with van der Waals surface area (Å²) in [4.78, 5) is 49.6. The van der Waals surface area contributed by atoms with Gasteiger partial charge in [-0.15, -0.1) is 0 Å². The van der Waals surface area contributed by atoms with Crippen LogP contribution in [0.2, 0.25) is 0 Å². The molecule has 4 N–H and O–H groups in total. The smallest absolute Gasteiger partial charge is 0.412 e. The van der Waals surface area contributed by atoms with Gasteiger partial charge in [-0.2, -0.15) is 0 Å². The number of piperidine rings is 1. The molecule has 2 fully saturated rings. The molecular weight excluding hydrogens is 394 g/mol. The number of hydroxylamine groups is 2. The van der Waals surface area contributed by atoms with E-state index in [0.29, 0.717) is 23.6 Å². The van der Waals surface area contributed by atoms with E-state index in [4.69, 9.17) is 4.74 Å². The number of benzene rings is 1. The number of urea groups is 1. The van der Waals surface area contributed by atoms with Crippen molar-refractivity contribution in [2.45, 2.75) is 51.3 Å². The van der Waals surface area contributed by atoms with Crippen LogP contribution in [0.5, 0.6) is 0 Å². The molecule has 30 heavy (non-hydrogen) atoms. The lowest BCUT2D eigenvalue weighted by Gasteiger charge is -2.29. The van der Waals surface area contributed by atoms with Crippen molar-refractivity contribution in [1.29, 1.82) is 0 Å². The third-order valence-corrected chi connectivity index (χ3v) is 4.74. The molecule has 0 saturated carbocycles. The molecule has 11 nitrogen and oxygen atoms in total. The number of hydrazine groups is 1. The van der Waals surface area contributed by atoms with Crippen LogP contribution in [0.15, 0.2) is 24.3 Å². The Morgan fingerprint density at radius 1 is 1.10 bits per heavy atom. The fourth-order valence-corrected chi connectivity index (χ4v) is 3.32. The van der Waals surface area contributed by atoms with Crippen molar-refractivity contribution in [2.75, 3.05) is 11.9 Å². The monoisotopic (exact) mass is 419 g/mol. The topological polar surface area (TPSA) is 140 Å². The van der Waals surface area contributed by atoms with Crippen LogP contribution in [0.3, 0.4) is 0 Å². The first-order valence-electron chi connectivity index (χ1n) is 9.54. The first kappa shape index (κ1) is 21.4. The Bertz CT molecular complexity index is 850. The number of carbonyl (C=O) groups excluding carboxylic acids is 4. The van der Waals surface area contributed by atoms with Crippen molar-refractivity contribution >= 4 is 29.6 Å². The summed E-state index contributed by atoms with van der Waals surface area (Å²) in [5, 5.41) is 12.9. The molecule has 2 aliphatic rings. The molecule has 2 atom stereocenters. The predicted octanol–water partition coefficient (Wildman–Crippen LogP) is 1.45. The van der Waals surface area contributed by atoms with Crippen LogP contribution in [0.1, 0.15) is 44.0 Å². The Kier molecular flexibility index (Phi) is 5.83. The van der Waals surface area contributed by atoms with E-state index in [1.807, 2.05) is 0 Å². The molecule has 0 spiro atoms. The van der Waals surface area contributed by atoms with Gasteiger partial charge in [-0.1, -0.05) is 0 Å². The summed E-state index contributed by atoms with van der Waals surface area (Å²) in [5.41, 5.74) is 4.70. The highest BCUT2D eigenvalue weighted by molar-refractivity contribution is 5.97. The molecule has 2 bridgehead atoms. The minimum atomic E-state index is -0.758. The quantitative estimate of drug-likeness (QED) is 0.432. The van der Waals surface area contributed by atoms with Gasteiger partial charge in [0.2, 0.25) is 0 Å². The first-order chi connectivity index (χ1) is 14.0. The molecular formula is C19H25N5O6. The van der Waals surface area contributed by atoms with Crippen LogP contribution in [0.25, 0.3) is 0 Å². The van der Waals surface area contributed by atoms with Gasteiger partial charge in [0.25, 0.3) is 11.8 Å². The maximum absolute atomic E-state index is 12.4. The normalized spacial score (nSPS) is 20.6. The van der Waals surface area contributed by atoms with Gasteiger partial charge in [-0.25, -0.2) is 14.7 Å². The number of fused-ring (bicyclic) bond motifs is 2. The molecule has 0 aliphatic carbocycles. The summed E-state index contributed by atoms with van der Waals surface area (Å²) in [6, 6.07) is 4.34. The van der Waals surface area contributed by atoms with Gasteiger partial charge in [-0.05, 0) is 57.9 Å². The van der Waals surface area contributed by atoms with Gasteiger partial charge in [-0.3, -0.25) is 31.0 Å². The Morgan fingerprint density at radius 2 is 1.77 bits per heavy atom. The van der Waals surface area contributed by atoms with E-state index >= 15 is 0 Å². The summed E-state index contributed by atoms with van der Waals surface area (Å²) in [6.45, 7) is 5.52. The second-order valence-electron chi connectivity index (χ2n) is 8.17. The third kappa shape index (κ3) is 4.79. The van der Waals surface area contributed by atoms with Crippen LogP contribution in [-0.4, -0.2) is 63.3 Å². The number of nitrogens with zero attached hydrogens (tertiary/aromatic N) is 2. The molecule has 1 aromatic carbocycles. The largest absolute Gasteiger partial charge is 0.444 e. The zero-order chi connectivity index (χ0) is 22.1. The summed E-state index contributed by atoms with van der Waals surface area (Å²) in [5.74, 6) is -1.09. The molecule has 162 valence electrons. The molecule has 2 saturated heterocycles. The lowest BCUT2D eigenvalue weighted by Crippen LogP contribution is -2.54. The van der Waals surface area contributed by atoms with Crippen LogP contribution in [0.4, 0.5) is 15.3 Å². The van der Waals surface area contributed by atoms with Crippen molar-refractivity contribution in [1.82, 2.24) is 20.8 Å².